The van der Waals surface area contributed by atoms with E-state index in [1.807, 2.05) is 31.2 Å². The van der Waals surface area contributed by atoms with E-state index in [0.29, 0.717) is 13.2 Å². The number of hydrogen-bond donors (Lipinski definition) is 0. The highest BCUT2D eigenvalue weighted by molar-refractivity contribution is 6.22. The molecule has 0 fully saturated rings. The molecule has 1 aliphatic rings. The van der Waals surface area contributed by atoms with Gasteiger partial charge in [0, 0.05) is 12.0 Å². The van der Waals surface area contributed by atoms with Gasteiger partial charge in [-0.25, -0.2) is 0 Å². The van der Waals surface area contributed by atoms with Crippen LogP contribution in [0, 0.1) is 6.92 Å². The number of alkyl halides is 1. The van der Waals surface area contributed by atoms with Crippen LogP contribution in [-0.2, 0) is 0 Å². The maximum atomic E-state index is 6.47. The van der Waals surface area contributed by atoms with Crippen LogP contribution in [0.3, 0.4) is 0 Å². The molecule has 0 saturated heterocycles. The van der Waals surface area contributed by atoms with Crippen molar-refractivity contribution < 1.29 is 13.9 Å². The van der Waals surface area contributed by atoms with Crippen molar-refractivity contribution in [2.75, 3.05) is 13.2 Å². The summed E-state index contributed by atoms with van der Waals surface area (Å²) in [5.41, 5.74) is 1.93. The number of hydrogen-bond acceptors (Lipinski definition) is 3. The van der Waals surface area contributed by atoms with Crippen LogP contribution in [0.1, 0.15) is 28.7 Å². The molecule has 0 radical (unpaired) electrons. The molecule has 3 nitrogen and oxygen atoms in total. The Hall–Kier alpha value is -1.61. The summed E-state index contributed by atoms with van der Waals surface area (Å²) >= 11 is 6.47. The molecule has 19 heavy (non-hydrogen) atoms. The maximum Gasteiger partial charge on any atom is 0.161 e. The van der Waals surface area contributed by atoms with Crippen LogP contribution in [0.2, 0.25) is 0 Å². The predicted octanol–water partition coefficient (Wildman–Crippen LogP) is 4.08. The molecule has 0 aliphatic carbocycles. The van der Waals surface area contributed by atoms with Crippen molar-refractivity contribution in [2.24, 2.45) is 0 Å². The van der Waals surface area contributed by atoms with Gasteiger partial charge in [-0.05, 0) is 30.7 Å². The lowest BCUT2D eigenvalue weighted by Crippen LogP contribution is -1.97. The smallest absolute Gasteiger partial charge is 0.161 e. The van der Waals surface area contributed by atoms with Crippen LogP contribution in [0.15, 0.2) is 34.9 Å². The number of benzene rings is 1. The van der Waals surface area contributed by atoms with Gasteiger partial charge in [-0.2, -0.15) is 0 Å². The molecule has 1 unspecified atom stereocenters. The molecular formula is C15H15ClO3. The van der Waals surface area contributed by atoms with Crippen LogP contribution in [-0.4, -0.2) is 13.2 Å². The first kappa shape index (κ1) is 12.4. The van der Waals surface area contributed by atoms with Crippen molar-refractivity contribution >= 4 is 11.6 Å². The van der Waals surface area contributed by atoms with E-state index in [9.17, 15) is 0 Å². The second kappa shape index (κ2) is 5.17. The van der Waals surface area contributed by atoms with Crippen LogP contribution in [0.25, 0.3) is 0 Å². The van der Waals surface area contributed by atoms with Crippen molar-refractivity contribution in [1.29, 1.82) is 0 Å². The lowest BCUT2D eigenvalue weighted by atomic mass is 10.1. The van der Waals surface area contributed by atoms with E-state index in [1.165, 1.54) is 0 Å². The standard InChI is InChI=1S/C15H15ClO3/c1-10-7-12(9-19-10)15(16)11-3-4-13-14(8-11)18-6-2-5-17-13/h3-4,7-9,15H,2,5-6H2,1H3. The molecule has 2 aromatic rings. The van der Waals surface area contributed by atoms with Gasteiger partial charge in [0.05, 0.1) is 24.9 Å². The molecule has 1 aromatic heterocycles. The minimum absolute atomic E-state index is 0.241. The summed E-state index contributed by atoms with van der Waals surface area (Å²) in [5, 5.41) is -0.241. The van der Waals surface area contributed by atoms with Crippen LogP contribution < -0.4 is 9.47 Å². The summed E-state index contributed by atoms with van der Waals surface area (Å²) in [6.45, 7) is 3.27. The summed E-state index contributed by atoms with van der Waals surface area (Å²) in [4.78, 5) is 0. The van der Waals surface area contributed by atoms with E-state index in [1.54, 1.807) is 6.26 Å². The minimum atomic E-state index is -0.241. The average Bonchev–Trinajstić information content (AvgIpc) is 2.72. The van der Waals surface area contributed by atoms with E-state index in [0.717, 1.165) is 34.8 Å². The summed E-state index contributed by atoms with van der Waals surface area (Å²) in [7, 11) is 0. The van der Waals surface area contributed by atoms with Crippen LogP contribution in [0.4, 0.5) is 0 Å². The average molecular weight is 279 g/mol. The minimum Gasteiger partial charge on any atom is -0.490 e. The first-order valence-corrected chi connectivity index (χ1v) is 6.76. The quantitative estimate of drug-likeness (QED) is 0.776. The lowest BCUT2D eigenvalue weighted by Gasteiger charge is -2.12. The molecule has 0 saturated carbocycles. The zero-order valence-corrected chi connectivity index (χ0v) is 11.4. The fourth-order valence-corrected chi connectivity index (χ4v) is 2.38. The van der Waals surface area contributed by atoms with Gasteiger partial charge in [0.25, 0.3) is 0 Å². The summed E-state index contributed by atoms with van der Waals surface area (Å²) in [6.07, 6.45) is 2.59. The first-order chi connectivity index (χ1) is 9.24. The summed E-state index contributed by atoms with van der Waals surface area (Å²) < 4.78 is 16.6. The zero-order chi connectivity index (χ0) is 13.2. The van der Waals surface area contributed by atoms with E-state index in [2.05, 4.69) is 0 Å². The van der Waals surface area contributed by atoms with Crippen molar-refractivity contribution in [3.8, 4) is 11.5 Å². The number of furan rings is 1. The van der Waals surface area contributed by atoms with Gasteiger partial charge in [-0.3, -0.25) is 0 Å². The van der Waals surface area contributed by atoms with Crippen molar-refractivity contribution in [3.05, 3.63) is 47.4 Å². The Bertz CT molecular complexity index is 577. The van der Waals surface area contributed by atoms with Gasteiger partial charge < -0.3 is 13.9 Å². The highest BCUT2D eigenvalue weighted by Gasteiger charge is 2.17. The Balaban J connectivity index is 1.91. The Labute approximate surface area is 117 Å². The van der Waals surface area contributed by atoms with Gasteiger partial charge in [-0.1, -0.05) is 6.07 Å². The summed E-state index contributed by atoms with van der Waals surface area (Å²) in [5.74, 6) is 2.41. The van der Waals surface area contributed by atoms with E-state index >= 15 is 0 Å². The molecule has 1 aliphatic heterocycles. The van der Waals surface area contributed by atoms with E-state index in [-0.39, 0.29) is 5.38 Å². The van der Waals surface area contributed by atoms with Crippen LogP contribution >= 0.6 is 11.6 Å². The van der Waals surface area contributed by atoms with Crippen molar-refractivity contribution in [1.82, 2.24) is 0 Å². The molecule has 3 rings (SSSR count). The number of aryl methyl sites for hydroxylation is 1. The normalized spacial score (nSPS) is 15.9. The van der Waals surface area contributed by atoms with Crippen LogP contribution in [0.5, 0.6) is 11.5 Å². The van der Waals surface area contributed by atoms with Crippen molar-refractivity contribution in [2.45, 2.75) is 18.7 Å². The van der Waals surface area contributed by atoms with E-state index in [4.69, 9.17) is 25.5 Å². The van der Waals surface area contributed by atoms with Gasteiger partial charge >= 0.3 is 0 Å². The third-order valence-corrected chi connectivity index (χ3v) is 3.61. The van der Waals surface area contributed by atoms with Gasteiger partial charge in [0.2, 0.25) is 0 Å². The number of fused-ring (bicyclic) bond motifs is 1. The molecule has 1 aromatic carbocycles. The van der Waals surface area contributed by atoms with Gasteiger partial charge in [-0.15, -0.1) is 11.6 Å². The first-order valence-electron chi connectivity index (χ1n) is 6.33. The molecule has 2 heterocycles. The third-order valence-electron chi connectivity index (χ3n) is 3.11. The molecular weight excluding hydrogens is 264 g/mol. The second-order valence-electron chi connectivity index (χ2n) is 4.61. The SMILES string of the molecule is Cc1cc(C(Cl)c2ccc3c(c2)OCCCO3)co1. The molecule has 0 bridgehead atoms. The molecule has 0 spiro atoms. The Kier molecular flexibility index (Phi) is 3.38. The van der Waals surface area contributed by atoms with E-state index < -0.39 is 0 Å². The Morgan fingerprint density at radius 2 is 1.84 bits per heavy atom. The predicted molar refractivity (Wildman–Crippen MR) is 73.2 cm³/mol. The molecule has 0 N–H and O–H groups in total. The molecule has 4 heteroatoms. The molecule has 0 amide bonds. The van der Waals surface area contributed by atoms with Gasteiger partial charge in [0.15, 0.2) is 11.5 Å². The lowest BCUT2D eigenvalue weighted by molar-refractivity contribution is 0.297. The number of rotatable bonds is 2. The number of ether oxygens (including phenoxy) is 2. The topological polar surface area (TPSA) is 31.6 Å². The molecule has 100 valence electrons. The van der Waals surface area contributed by atoms with Gasteiger partial charge in [0.1, 0.15) is 5.76 Å². The Morgan fingerprint density at radius 3 is 2.58 bits per heavy atom. The summed E-state index contributed by atoms with van der Waals surface area (Å²) in [6, 6.07) is 7.77. The fraction of sp³-hybridized carbons (Fsp3) is 0.333. The fourth-order valence-electron chi connectivity index (χ4n) is 2.13. The second-order valence-corrected chi connectivity index (χ2v) is 5.05. The highest BCUT2D eigenvalue weighted by atomic mass is 35.5. The highest BCUT2D eigenvalue weighted by Crippen LogP contribution is 2.36. The number of halogens is 1. The van der Waals surface area contributed by atoms with Crippen molar-refractivity contribution in [3.63, 3.8) is 0 Å². The largest absolute Gasteiger partial charge is 0.490 e. The maximum absolute atomic E-state index is 6.47. The Morgan fingerprint density at radius 1 is 1.05 bits per heavy atom. The third kappa shape index (κ3) is 2.56. The zero-order valence-electron chi connectivity index (χ0n) is 10.7. The monoisotopic (exact) mass is 278 g/mol. The molecule has 1 atom stereocenters.